The van der Waals surface area contributed by atoms with Crippen molar-refractivity contribution in [1.29, 1.82) is 0 Å². The van der Waals surface area contributed by atoms with E-state index in [0.717, 1.165) is 18.0 Å². The molecule has 2 nitrogen and oxygen atoms in total. The molecule has 2 rings (SSSR count). The average Bonchev–Trinajstić information content (AvgIpc) is 3.05. The molecule has 88 valence electrons. The third kappa shape index (κ3) is 2.38. The van der Waals surface area contributed by atoms with Crippen LogP contribution in [0.3, 0.4) is 0 Å². The van der Waals surface area contributed by atoms with Gasteiger partial charge in [-0.25, -0.2) is 4.39 Å². The minimum absolute atomic E-state index is 0.203. The van der Waals surface area contributed by atoms with Gasteiger partial charge in [0.2, 0.25) is 0 Å². The Hall–Kier alpha value is -0.610. The first-order valence-electron chi connectivity index (χ1n) is 5.51. The summed E-state index contributed by atoms with van der Waals surface area (Å²) in [5.74, 6) is 0.545. The summed E-state index contributed by atoms with van der Waals surface area (Å²) in [6.45, 7) is 1.29. The Morgan fingerprint density at radius 2 is 2.19 bits per heavy atom. The maximum atomic E-state index is 14.0. The fourth-order valence-corrected chi connectivity index (χ4v) is 2.31. The molecule has 1 fully saturated rings. The van der Waals surface area contributed by atoms with E-state index >= 15 is 0 Å². The van der Waals surface area contributed by atoms with E-state index in [1.165, 1.54) is 12.8 Å². The van der Waals surface area contributed by atoms with Crippen molar-refractivity contribution in [3.63, 3.8) is 0 Å². The Balaban J connectivity index is 2.22. The van der Waals surface area contributed by atoms with Crippen molar-refractivity contribution >= 4 is 21.6 Å². The fraction of sp³-hybridized carbons (Fsp3) is 0.500. The summed E-state index contributed by atoms with van der Waals surface area (Å²) in [5.41, 5.74) is 6.98. The molecule has 1 aromatic rings. The highest BCUT2D eigenvalue weighted by Crippen LogP contribution is 2.33. The van der Waals surface area contributed by atoms with Gasteiger partial charge in [-0.1, -0.05) is 6.07 Å². The molecule has 1 saturated carbocycles. The van der Waals surface area contributed by atoms with Crippen molar-refractivity contribution in [3.05, 3.63) is 28.0 Å². The zero-order valence-corrected chi connectivity index (χ0v) is 10.9. The highest BCUT2D eigenvalue weighted by atomic mass is 79.9. The normalized spacial score (nSPS) is 15.2. The van der Waals surface area contributed by atoms with Crippen molar-refractivity contribution in [3.8, 4) is 0 Å². The smallest absolute Gasteiger partial charge is 0.160 e. The fourth-order valence-electron chi connectivity index (χ4n) is 1.82. The molecule has 1 aromatic carbocycles. The molecule has 0 aromatic heterocycles. The SMILES string of the molecule is CN(CC1CC1)c1ccc(CN)c(Br)c1F. The molecule has 0 unspecified atom stereocenters. The Morgan fingerprint density at radius 1 is 1.50 bits per heavy atom. The van der Waals surface area contributed by atoms with Crippen LogP contribution in [0.25, 0.3) is 0 Å². The Morgan fingerprint density at radius 3 is 2.75 bits per heavy atom. The van der Waals surface area contributed by atoms with Gasteiger partial charge in [-0.2, -0.15) is 0 Å². The van der Waals surface area contributed by atoms with Crippen LogP contribution in [0.1, 0.15) is 18.4 Å². The molecular formula is C12H16BrFN2. The molecule has 0 aliphatic heterocycles. The van der Waals surface area contributed by atoms with Crippen LogP contribution in [0, 0.1) is 11.7 Å². The molecule has 1 aliphatic carbocycles. The lowest BCUT2D eigenvalue weighted by atomic mass is 10.2. The van der Waals surface area contributed by atoms with Gasteiger partial charge in [0.1, 0.15) is 0 Å². The number of anilines is 1. The first kappa shape index (κ1) is 11.9. The number of rotatable bonds is 4. The second kappa shape index (κ2) is 4.72. The maximum Gasteiger partial charge on any atom is 0.160 e. The first-order chi connectivity index (χ1) is 7.63. The van der Waals surface area contributed by atoms with Crippen molar-refractivity contribution in [2.45, 2.75) is 19.4 Å². The Bertz CT molecular complexity index is 391. The molecule has 0 amide bonds. The van der Waals surface area contributed by atoms with E-state index in [2.05, 4.69) is 15.9 Å². The van der Waals surface area contributed by atoms with Gasteiger partial charge in [-0.05, 0) is 46.3 Å². The summed E-state index contributed by atoms with van der Waals surface area (Å²) in [5, 5.41) is 0. The summed E-state index contributed by atoms with van der Waals surface area (Å²) >= 11 is 3.26. The number of halogens is 2. The second-order valence-corrected chi connectivity index (χ2v) is 5.19. The third-order valence-corrected chi connectivity index (χ3v) is 3.86. The van der Waals surface area contributed by atoms with Crippen LogP contribution in [-0.4, -0.2) is 13.6 Å². The number of hydrogen-bond donors (Lipinski definition) is 1. The maximum absolute atomic E-state index is 14.0. The Kier molecular flexibility index (Phi) is 3.50. The summed E-state index contributed by atoms with van der Waals surface area (Å²) < 4.78 is 14.5. The molecule has 2 N–H and O–H groups in total. The van der Waals surface area contributed by atoms with Crippen LogP contribution in [-0.2, 0) is 6.54 Å². The predicted octanol–water partition coefficient (Wildman–Crippen LogP) is 2.89. The zero-order chi connectivity index (χ0) is 11.7. The van der Waals surface area contributed by atoms with Crippen LogP contribution >= 0.6 is 15.9 Å². The highest BCUT2D eigenvalue weighted by Gasteiger charge is 2.24. The third-order valence-electron chi connectivity index (χ3n) is 3.00. The molecule has 0 heterocycles. The number of nitrogens with two attached hydrogens (primary N) is 1. The van der Waals surface area contributed by atoms with Gasteiger partial charge in [0.05, 0.1) is 10.2 Å². The van der Waals surface area contributed by atoms with Crippen molar-refractivity contribution in [1.82, 2.24) is 0 Å². The molecule has 0 bridgehead atoms. The zero-order valence-electron chi connectivity index (χ0n) is 9.34. The number of benzene rings is 1. The van der Waals surface area contributed by atoms with Gasteiger partial charge < -0.3 is 10.6 Å². The van der Waals surface area contributed by atoms with Crippen LogP contribution in [0.4, 0.5) is 10.1 Å². The van der Waals surface area contributed by atoms with Crippen LogP contribution in [0.15, 0.2) is 16.6 Å². The molecule has 16 heavy (non-hydrogen) atoms. The predicted molar refractivity (Wildman–Crippen MR) is 68.0 cm³/mol. The van der Waals surface area contributed by atoms with Crippen LogP contribution < -0.4 is 10.6 Å². The van der Waals surface area contributed by atoms with Gasteiger partial charge in [0, 0.05) is 20.1 Å². The standard InChI is InChI=1S/C12H16BrFN2/c1-16(7-8-2-3-8)10-5-4-9(6-15)11(13)12(10)14/h4-5,8H,2-3,6-7,15H2,1H3. The van der Waals surface area contributed by atoms with Crippen molar-refractivity contribution in [2.75, 3.05) is 18.5 Å². The summed E-state index contributed by atoms with van der Waals surface area (Å²) in [6, 6.07) is 3.69. The molecule has 4 heteroatoms. The molecule has 0 radical (unpaired) electrons. The van der Waals surface area contributed by atoms with E-state index in [1.54, 1.807) is 0 Å². The van der Waals surface area contributed by atoms with E-state index in [9.17, 15) is 4.39 Å². The molecule has 0 spiro atoms. The lowest BCUT2D eigenvalue weighted by molar-refractivity contribution is 0.610. The molecule has 0 saturated heterocycles. The van der Waals surface area contributed by atoms with Crippen LogP contribution in [0.5, 0.6) is 0 Å². The number of hydrogen-bond acceptors (Lipinski definition) is 2. The summed E-state index contributed by atoms with van der Waals surface area (Å²) in [4.78, 5) is 1.98. The van der Waals surface area contributed by atoms with Gasteiger partial charge in [-0.3, -0.25) is 0 Å². The highest BCUT2D eigenvalue weighted by molar-refractivity contribution is 9.10. The largest absolute Gasteiger partial charge is 0.372 e. The van der Waals surface area contributed by atoms with E-state index in [4.69, 9.17) is 5.73 Å². The molecular weight excluding hydrogens is 271 g/mol. The summed E-state index contributed by atoms with van der Waals surface area (Å²) in [6.07, 6.45) is 2.54. The second-order valence-electron chi connectivity index (χ2n) is 4.40. The monoisotopic (exact) mass is 286 g/mol. The average molecular weight is 287 g/mol. The summed E-state index contributed by atoms with van der Waals surface area (Å²) in [7, 11) is 1.94. The minimum Gasteiger partial charge on any atom is -0.372 e. The topological polar surface area (TPSA) is 29.3 Å². The quantitative estimate of drug-likeness (QED) is 0.922. The van der Waals surface area contributed by atoms with Crippen LogP contribution in [0.2, 0.25) is 0 Å². The van der Waals surface area contributed by atoms with Gasteiger partial charge in [-0.15, -0.1) is 0 Å². The van der Waals surface area contributed by atoms with E-state index in [0.29, 0.717) is 16.7 Å². The molecule has 1 aliphatic rings. The van der Waals surface area contributed by atoms with Gasteiger partial charge in [0.25, 0.3) is 0 Å². The number of nitrogens with zero attached hydrogens (tertiary/aromatic N) is 1. The van der Waals surface area contributed by atoms with Gasteiger partial charge >= 0.3 is 0 Å². The van der Waals surface area contributed by atoms with Gasteiger partial charge in [0.15, 0.2) is 5.82 Å². The lowest BCUT2D eigenvalue weighted by Crippen LogP contribution is -2.21. The van der Waals surface area contributed by atoms with E-state index in [-0.39, 0.29) is 5.82 Å². The van der Waals surface area contributed by atoms with E-state index < -0.39 is 0 Å². The van der Waals surface area contributed by atoms with E-state index in [1.807, 2.05) is 24.1 Å². The minimum atomic E-state index is -0.203. The van der Waals surface area contributed by atoms with Crippen molar-refractivity contribution in [2.24, 2.45) is 11.7 Å². The molecule has 0 atom stereocenters. The van der Waals surface area contributed by atoms with Crippen molar-refractivity contribution < 1.29 is 4.39 Å². The first-order valence-corrected chi connectivity index (χ1v) is 6.31. The lowest BCUT2D eigenvalue weighted by Gasteiger charge is -2.21. The Labute approximate surface area is 104 Å².